The molecule has 20 heavy (non-hydrogen) atoms. The second-order valence-corrected chi connectivity index (χ2v) is 5.71. The van der Waals surface area contributed by atoms with Crippen LogP contribution in [0.4, 0.5) is 4.39 Å². The molecular weight excluding hydrogens is 277 g/mol. The number of carbonyl (C=O) groups is 1. The van der Waals surface area contributed by atoms with E-state index in [-0.39, 0.29) is 5.56 Å². The summed E-state index contributed by atoms with van der Waals surface area (Å²) >= 11 is 1.71. The lowest BCUT2D eigenvalue weighted by molar-refractivity contribution is 0.0696. The Bertz CT molecular complexity index is 584. The first-order chi connectivity index (χ1) is 9.56. The van der Waals surface area contributed by atoms with Gasteiger partial charge in [-0.25, -0.2) is 9.18 Å². The summed E-state index contributed by atoms with van der Waals surface area (Å²) in [7, 11) is 1.93. The highest BCUT2D eigenvalue weighted by Crippen LogP contribution is 2.14. The molecule has 1 aromatic carbocycles. The van der Waals surface area contributed by atoms with Crippen molar-refractivity contribution in [3.05, 3.63) is 57.5 Å². The highest BCUT2D eigenvalue weighted by Gasteiger charge is 2.10. The molecule has 0 spiro atoms. The number of carboxylic acids is 1. The Morgan fingerprint density at radius 3 is 2.80 bits per heavy atom. The average molecular weight is 293 g/mol. The zero-order valence-corrected chi connectivity index (χ0v) is 12.0. The van der Waals surface area contributed by atoms with Crippen molar-refractivity contribution in [2.75, 3.05) is 13.6 Å². The monoisotopic (exact) mass is 293 g/mol. The Labute approximate surface area is 121 Å². The fraction of sp³-hybridized carbons (Fsp3) is 0.267. The number of nitrogens with zero attached hydrogens (tertiary/aromatic N) is 1. The largest absolute Gasteiger partial charge is 0.478 e. The third-order valence-corrected chi connectivity index (χ3v) is 4.00. The smallest absolute Gasteiger partial charge is 0.335 e. The van der Waals surface area contributed by atoms with Gasteiger partial charge in [0.2, 0.25) is 0 Å². The number of hydrogen-bond donors (Lipinski definition) is 1. The third kappa shape index (κ3) is 3.88. The van der Waals surface area contributed by atoms with E-state index in [9.17, 15) is 9.18 Å². The van der Waals surface area contributed by atoms with Gasteiger partial charge < -0.3 is 10.0 Å². The van der Waals surface area contributed by atoms with Crippen LogP contribution >= 0.6 is 11.3 Å². The zero-order chi connectivity index (χ0) is 14.5. The van der Waals surface area contributed by atoms with Crippen molar-refractivity contribution < 1.29 is 14.3 Å². The molecule has 0 aliphatic heterocycles. The Balaban J connectivity index is 1.93. The number of hydrogen-bond acceptors (Lipinski definition) is 3. The lowest BCUT2D eigenvalue weighted by Gasteiger charge is -2.16. The van der Waals surface area contributed by atoms with Crippen molar-refractivity contribution in [2.24, 2.45) is 0 Å². The van der Waals surface area contributed by atoms with Gasteiger partial charge in [-0.1, -0.05) is 12.1 Å². The molecule has 2 aromatic rings. The summed E-state index contributed by atoms with van der Waals surface area (Å²) in [5.74, 6) is -1.57. The number of thiophene rings is 1. The van der Waals surface area contributed by atoms with E-state index in [0.717, 1.165) is 19.0 Å². The predicted molar refractivity (Wildman–Crippen MR) is 77.7 cm³/mol. The summed E-state index contributed by atoms with van der Waals surface area (Å²) in [5, 5.41) is 10.8. The number of aromatic carboxylic acids is 1. The van der Waals surface area contributed by atoms with Gasteiger partial charge in [0, 0.05) is 23.5 Å². The molecule has 5 heteroatoms. The van der Waals surface area contributed by atoms with Crippen LogP contribution in [0.3, 0.4) is 0 Å². The van der Waals surface area contributed by atoms with Crippen LogP contribution < -0.4 is 0 Å². The number of rotatable bonds is 6. The van der Waals surface area contributed by atoms with Gasteiger partial charge in [-0.05, 0) is 37.0 Å². The van der Waals surface area contributed by atoms with Crippen molar-refractivity contribution in [3.8, 4) is 0 Å². The van der Waals surface area contributed by atoms with E-state index >= 15 is 0 Å². The molecule has 0 saturated heterocycles. The van der Waals surface area contributed by atoms with Crippen LogP contribution in [0.15, 0.2) is 35.7 Å². The summed E-state index contributed by atoms with van der Waals surface area (Å²) < 4.78 is 13.8. The molecule has 0 aliphatic rings. The number of halogens is 1. The van der Waals surface area contributed by atoms with Crippen LogP contribution in [0.2, 0.25) is 0 Å². The van der Waals surface area contributed by atoms with Gasteiger partial charge in [-0.2, -0.15) is 0 Å². The molecule has 3 nitrogen and oxygen atoms in total. The molecule has 0 unspecified atom stereocenters. The predicted octanol–water partition coefficient (Wildman–Crippen LogP) is 3.26. The summed E-state index contributed by atoms with van der Waals surface area (Å²) in [6.07, 6.45) is 0.934. The SMILES string of the molecule is CN(CCc1cccs1)Cc1ccc(C(=O)O)cc1F. The molecule has 0 atom stereocenters. The molecule has 0 bridgehead atoms. The van der Waals surface area contributed by atoms with Crippen LogP contribution in [0, 0.1) is 5.82 Å². The molecule has 1 aromatic heterocycles. The summed E-state index contributed by atoms with van der Waals surface area (Å²) in [6, 6.07) is 8.16. The first-order valence-electron chi connectivity index (χ1n) is 6.29. The Kier molecular flexibility index (Phi) is 4.87. The summed E-state index contributed by atoms with van der Waals surface area (Å²) in [4.78, 5) is 14.1. The molecule has 2 rings (SSSR count). The lowest BCUT2D eigenvalue weighted by atomic mass is 10.1. The number of benzene rings is 1. The Morgan fingerprint density at radius 1 is 1.40 bits per heavy atom. The fourth-order valence-corrected chi connectivity index (χ4v) is 2.63. The van der Waals surface area contributed by atoms with Crippen molar-refractivity contribution in [2.45, 2.75) is 13.0 Å². The average Bonchev–Trinajstić information content (AvgIpc) is 2.91. The molecular formula is C15H16FNO2S. The third-order valence-electron chi connectivity index (χ3n) is 3.06. The van der Waals surface area contributed by atoms with Crippen molar-refractivity contribution in [1.82, 2.24) is 4.90 Å². The number of carboxylic acid groups (broad SMARTS) is 1. The van der Waals surface area contributed by atoms with E-state index < -0.39 is 11.8 Å². The normalized spacial score (nSPS) is 10.9. The topological polar surface area (TPSA) is 40.5 Å². The maximum Gasteiger partial charge on any atom is 0.335 e. The van der Waals surface area contributed by atoms with Crippen LogP contribution in [0.5, 0.6) is 0 Å². The van der Waals surface area contributed by atoms with E-state index in [1.807, 2.05) is 23.4 Å². The van der Waals surface area contributed by atoms with Gasteiger partial charge in [0.1, 0.15) is 5.82 Å². The van der Waals surface area contributed by atoms with Crippen molar-refractivity contribution in [1.29, 1.82) is 0 Å². The van der Waals surface area contributed by atoms with E-state index in [1.54, 1.807) is 17.4 Å². The molecule has 0 saturated carbocycles. The highest BCUT2D eigenvalue weighted by molar-refractivity contribution is 7.09. The second kappa shape index (κ2) is 6.63. The minimum absolute atomic E-state index is 0.0208. The Hall–Kier alpha value is -1.72. The first-order valence-corrected chi connectivity index (χ1v) is 7.17. The van der Waals surface area contributed by atoms with E-state index in [0.29, 0.717) is 12.1 Å². The number of likely N-dealkylation sites (N-methyl/N-ethyl adjacent to an activating group) is 1. The second-order valence-electron chi connectivity index (χ2n) is 4.68. The quantitative estimate of drug-likeness (QED) is 0.888. The molecule has 0 amide bonds. The maximum atomic E-state index is 13.8. The van der Waals surface area contributed by atoms with Gasteiger partial charge in [-0.15, -0.1) is 11.3 Å². The van der Waals surface area contributed by atoms with E-state index in [2.05, 4.69) is 6.07 Å². The minimum Gasteiger partial charge on any atom is -0.478 e. The molecule has 0 aliphatic carbocycles. The van der Waals surface area contributed by atoms with E-state index in [1.165, 1.54) is 10.9 Å². The standard InChI is InChI=1S/C15H16FNO2S/c1-17(7-6-13-3-2-8-20-13)10-12-5-4-11(15(18)19)9-14(12)16/h2-5,8-9H,6-7,10H2,1H3,(H,18,19). The summed E-state index contributed by atoms with van der Waals surface area (Å²) in [6.45, 7) is 1.30. The molecule has 0 fully saturated rings. The lowest BCUT2D eigenvalue weighted by Crippen LogP contribution is -2.21. The van der Waals surface area contributed by atoms with Crippen LogP contribution in [-0.4, -0.2) is 29.6 Å². The van der Waals surface area contributed by atoms with Crippen molar-refractivity contribution in [3.63, 3.8) is 0 Å². The molecule has 106 valence electrons. The first kappa shape index (κ1) is 14.7. The van der Waals surface area contributed by atoms with Crippen LogP contribution in [0.25, 0.3) is 0 Å². The van der Waals surface area contributed by atoms with Gasteiger partial charge in [-0.3, -0.25) is 0 Å². The minimum atomic E-state index is -1.11. The van der Waals surface area contributed by atoms with Crippen LogP contribution in [-0.2, 0) is 13.0 Å². The van der Waals surface area contributed by atoms with Gasteiger partial charge in [0.15, 0.2) is 0 Å². The fourth-order valence-electron chi connectivity index (χ4n) is 1.93. The maximum absolute atomic E-state index is 13.8. The molecule has 1 heterocycles. The van der Waals surface area contributed by atoms with Gasteiger partial charge >= 0.3 is 5.97 Å². The highest BCUT2D eigenvalue weighted by atomic mass is 32.1. The molecule has 1 N–H and O–H groups in total. The molecule has 0 radical (unpaired) electrons. The van der Waals surface area contributed by atoms with Crippen molar-refractivity contribution >= 4 is 17.3 Å². The Morgan fingerprint density at radius 2 is 2.20 bits per heavy atom. The zero-order valence-electron chi connectivity index (χ0n) is 11.2. The van der Waals surface area contributed by atoms with Gasteiger partial charge in [0.25, 0.3) is 0 Å². The van der Waals surface area contributed by atoms with E-state index in [4.69, 9.17) is 5.11 Å². The summed E-state index contributed by atoms with van der Waals surface area (Å²) in [5.41, 5.74) is 0.496. The van der Waals surface area contributed by atoms with Gasteiger partial charge in [0.05, 0.1) is 5.56 Å². The van der Waals surface area contributed by atoms with Crippen LogP contribution in [0.1, 0.15) is 20.8 Å².